The molecule has 1 aliphatic carbocycles. The number of carbonyl (C=O) groups excluding carboxylic acids is 1. The molecule has 0 aromatic carbocycles. The minimum absolute atomic E-state index is 0.0141. The Balaban J connectivity index is 2.10. The van der Waals surface area contributed by atoms with E-state index in [4.69, 9.17) is 5.11 Å². The standard InChI is InChI=1S/C8H9NO3/c10-7-2-1-4-5(8(11)12)3-6(4)9-7/h1-2,4-6H,3H2,(H,9,10)(H,11,12). The van der Waals surface area contributed by atoms with E-state index in [2.05, 4.69) is 5.32 Å². The van der Waals surface area contributed by atoms with Gasteiger partial charge in [0, 0.05) is 12.0 Å². The Labute approximate surface area is 69.3 Å². The molecule has 1 heterocycles. The Morgan fingerprint density at radius 3 is 3.00 bits per heavy atom. The lowest BCUT2D eigenvalue weighted by atomic mass is 9.68. The molecule has 64 valence electrons. The molecule has 1 saturated carbocycles. The zero-order valence-electron chi connectivity index (χ0n) is 6.36. The number of amides is 1. The van der Waals surface area contributed by atoms with Crippen LogP contribution in [0.2, 0.25) is 0 Å². The van der Waals surface area contributed by atoms with Crippen molar-refractivity contribution in [3.8, 4) is 0 Å². The minimum Gasteiger partial charge on any atom is -0.481 e. The number of hydrogen-bond acceptors (Lipinski definition) is 2. The lowest BCUT2D eigenvalue weighted by Gasteiger charge is -2.42. The summed E-state index contributed by atoms with van der Waals surface area (Å²) in [6.45, 7) is 0. The van der Waals surface area contributed by atoms with Gasteiger partial charge in [-0.15, -0.1) is 0 Å². The highest BCUT2D eigenvalue weighted by atomic mass is 16.4. The maximum absolute atomic E-state index is 10.8. The summed E-state index contributed by atoms with van der Waals surface area (Å²) in [4.78, 5) is 21.4. The van der Waals surface area contributed by atoms with Crippen molar-refractivity contribution >= 4 is 11.9 Å². The van der Waals surface area contributed by atoms with E-state index >= 15 is 0 Å². The molecule has 3 unspecified atom stereocenters. The molecule has 0 bridgehead atoms. The largest absolute Gasteiger partial charge is 0.481 e. The summed E-state index contributed by atoms with van der Waals surface area (Å²) in [6, 6.07) is 0.0589. The lowest BCUT2D eigenvalue weighted by molar-refractivity contribution is -0.149. The maximum atomic E-state index is 10.8. The van der Waals surface area contributed by atoms with Gasteiger partial charge in [-0.25, -0.2) is 0 Å². The van der Waals surface area contributed by atoms with Gasteiger partial charge < -0.3 is 10.4 Å². The number of fused-ring (bicyclic) bond motifs is 1. The number of rotatable bonds is 1. The third-order valence-electron chi connectivity index (χ3n) is 2.55. The van der Waals surface area contributed by atoms with Crippen LogP contribution in [0.15, 0.2) is 12.2 Å². The number of aliphatic carboxylic acids is 1. The molecule has 0 aromatic heterocycles. The van der Waals surface area contributed by atoms with Gasteiger partial charge in [-0.05, 0) is 12.5 Å². The highest BCUT2D eigenvalue weighted by Gasteiger charge is 2.45. The van der Waals surface area contributed by atoms with E-state index in [1.54, 1.807) is 6.08 Å². The second-order valence-corrected chi connectivity index (χ2v) is 3.23. The van der Waals surface area contributed by atoms with Crippen LogP contribution in [-0.4, -0.2) is 23.0 Å². The van der Waals surface area contributed by atoms with Crippen LogP contribution in [-0.2, 0) is 9.59 Å². The lowest BCUT2D eigenvalue weighted by Crippen LogP contribution is -2.55. The predicted molar refractivity (Wildman–Crippen MR) is 40.3 cm³/mol. The third-order valence-corrected chi connectivity index (χ3v) is 2.55. The van der Waals surface area contributed by atoms with Crippen LogP contribution in [0.25, 0.3) is 0 Å². The Kier molecular flexibility index (Phi) is 1.43. The first kappa shape index (κ1) is 7.34. The molecule has 3 atom stereocenters. The normalized spacial score (nSPS) is 38.0. The van der Waals surface area contributed by atoms with Crippen LogP contribution in [0.5, 0.6) is 0 Å². The molecule has 2 N–H and O–H groups in total. The van der Waals surface area contributed by atoms with Crippen LogP contribution in [0.3, 0.4) is 0 Å². The monoisotopic (exact) mass is 167 g/mol. The fraction of sp³-hybridized carbons (Fsp3) is 0.500. The van der Waals surface area contributed by atoms with E-state index in [0.717, 1.165) is 0 Å². The third kappa shape index (κ3) is 0.913. The molecule has 1 amide bonds. The fourth-order valence-corrected chi connectivity index (χ4v) is 1.79. The van der Waals surface area contributed by atoms with Gasteiger partial charge in [0.25, 0.3) is 0 Å². The van der Waals surface area contributed by atoms with Crippen LogP contribution in [0.4, 0.5) is 0 Å². The average Bonchev–Trinajstić information content (AvgIpc) is 1.94. The summed E-state index contributed by atoms with van der Waals surface area (Å²) in [5.74, 6) is -1.16. The number of carboxylic acid groups (broad SMARTS) is 1. The molecule has 4 nitrogen and oxygen atoms in total. The van der Waals surface area contributed by atoms with Gasteiger partial charge >= 0.3 is 5.97 Å². The van der Waals surface area contributed by atoms with Gasteiger partial charge in [0.05, 0.1) is 5.92 Å². The van der Waals surface area contributed by atoms with E-state index in [-0.39, 0.29) is 23.8 Å². The highest BCUT2D eigenvalue weighted by Crippen LogP contribution is 2.37. The quantitative estimate of drug-likeness (QED) is 0.566. The molecule has 1 fully saturated rings. The van der Waals surface area contributed by atoms with Crippen molar-refractivity contribution in [2.24, 2.45) is 11.8 Å². The molecule has 2 aliphatic rings. The summed E-state index contributed by atoms with van der Waals surface area (Å²) in [6.07, 6.45) is 3.68. The molecule has 0 radical (unpaired) electrons. The Bertz CT molecular complexity index is 271. The van der Waals surface area contributed by atoms with Crippen molar-refractivity contribution in [1.29, 1.82) is 0 Å². The number of carbonyl (C=O) groups is 2. The molecule has 2 rings (SSSR count). The first-order valence-corrected chi connectivity index (χ1v) is 3.90. The van der Waals surface area contributed by atoms with Gasteiger partial charge in [0.1, 0.15) is 0 Å². The van der Waals surface area contributed by atoms with Crippen molar-refractivity contribution in [3.63, 3.8) is 0 Å². The fourth-order valence-electron chi connectivity index (χ4n) is 1.79. The number of carboxylic acids is 1. The second kappa shape index (κ2) is 2.33. The van der Waals surface area contributed by atoms with E-state index in [1.165, 1.54) is 6.08 Å². The van der Waals surface area contributed by atoms with E-state index in [9.17, 15) is 9.59 Å². The van der Waals surface area contributed by atoms with Crippen LogP contribution >= 0.6 is 0 Å². The molecule has 0 saturated heterocycles. The van der Waals surface area contributed by atoms with Crippen LogP contribution < -0.4 is 5.32 Å². The maximum Gasteiger partial charge on any atom is 0.307 e. The van der Waals surface area contributed by atoms with Crippen LogP contribution in [0.1, 0.15) is 6.42 Å². The van der Waals surface area contributed by atoms with E-state index in [0.29, 0.717) is 6.42 Å². The Morgan fingerprint density at radius 2 is 2.42 bits per heavy atom. The Morgan fingerprint density at radius 1 is 1.67 bits per heavy atom. The smallest absolute Gasteiger partial charge is 0.307 e. The van der Waals surface area contributed by atoms with Crippen molar-refractivity contribution in [2.45, 2.75) is 12.5 Å². The summed E-state index contributed by atoms with van der Waals surface area (Å²) in [5, 5.41) is 11.4. The predicted octanol–water partition coefficient (Wildman–Crippen LogP) is -0.238. The molecular weight excluding hydrogens is 158 g/mol. The average molecular weight is 167 g/mol. The van der Waals surface area contributed by atoms with Gasteiger partial charge in [0.2, 0.25) is 5.91 Å². The zero-order valence-corrected chi connectivity index (χ0v) is 6.36. The second-order valence-electron chi connectivity index (χ2n) is 3.23. The number of hydrogen-bond donors (Lipinski definition) is 2. The van der Waals surface area contributed by atoms with Gasteiger partial charge in [-0.2, -0.15) is 0 Å². The Hall–Kier alpha value is -1.32. The molecule has 0 aromatic rings. The highest BCUT2D eigenvalue weighted by molar-refractivity contribution is 5.89. The first-order chi connectivity index (χ1) is 5.68. The van der Waals surface area contributed by atoms with Crippen molar-refractivity contribution in [1.82, 2.24) is 5.32 Å². The number of nitrogens with one attached hydrogen (secondary N) is 1. The summed E-state index contributed by atoms with van der Waals surface area (Å²) >= 11 is 0. The van der Waals surface area contributed by atoms with Gasteiger partial charge in [-0.1, -0.05) is 6.08 Å². The molecule has 4 heteroatoms. The van der Waals surface area contributed by atoms with Crippen molar-refractivity contribution < 1.29 is 14.7 Å². The topological polar surface area (TPSA) is 66.4 Å². The van der Waals surface area contributed by atoms with Crippen LogP contribution in [0, 0.1) is 11.8 Å². The van der Waals surface area contributed by atoms with Crippen molar-refractivity contribution in [2.75, 3.05) is 0 Å². The molecule has 12 heavy (non-hydrogen) atoms. The summed E-state index contributed by atoms with van der Waals surface area (Å²) < 4.78 is 0. The first-order valence-electron chi connectivity index (χ1n) is 3.90. The summed E-state index contributed by atoms with van der Waals surface area (Å²) in [7, 11) is 0. The van der Waals surface area contributed by atoms with Gasteiger partial charge in [-0.3, -0.25) is 9.59 Å². The zero-order chi connectivity index (χ0) is 8.72. The molecule has 0 spiro atoms. The SMILES string of the molecule is O=C1C=CC2C(CC2C(=O)O)N1. The van der Waals surface area contributed by atoms with E-state index < -0.39 is 5.97 Å². The van der Waals surface area contributed by atoms with Gasteiger partial charge in [0.15, 0.2) is 0 Å². The van der Waals surface area contributed by atoms with E-state index in [1.807, 2.05) is 0 Å². The van der Waals surface area contributed by atoms with Crippen molar-refractivity contribution in [3.05, 3.63) is 12.2 Å². The minimum atomic E-state index is -0.767. The molecular formula is C8H9NO3. The summed E-state index contributed by atoms with van der Waals surface area (Å²) in [5.41, 5.74) is 0. The molecule has 1 aliphatic heterocycles.